The first kappa shape index (κ1) is 21.1. The van der Waals surface area contributed by atoms with Crippen molar-refractivity contribution in [1.82, 2.24) is 0 Å². The highest BCUT2D eigenvalue weighted by Crippen LogP contribution is 2.41. The van der Waals surface area contributed by atoms with E-state index in [1.165, 1.54) is 30.2 Å². The lowest BCUT2D eigenvalue weighted by Gasteiger charge is -2.16. The minimum atomic E-state index is -0.558. The molecule has 10 heteroatoms. The van der Waals surface area contributed by atoms with Crippen LogP contribution in [0, 0.1) is 10.1 Å². The number of rotatable bonds is 6. The van der Waals surface area contributed by atoms with E-state index in [9.17, 15) is 14.9 Å². The van der Waals surface area contributed by atoms with Crippen LogP contribution in [0.4, 0.5) is 11.4 Å². The predicted molar refractivity (Wildman–Crippen MR) is 118 cm³/mol. The average molecular weight is 451 g/mol. The molecule has 2 aromatic carbocycles. The van der Waals surface area contributed by atoms with Crippen LogP contribution in [-0.4, -0.2) is 28.9 Å². The lowest BCUT2D eigenvalue weighted by molar-refractivity contribution is -0.384. The molecule has 0 aromatic heterocycles. The Bertz CT molecular complexity index is 1040. The van der Waals surface area contributed by atoms with Crippen molar-refractivity contribution in [2.45, 2.75) is 6.92 Å². The molecule has 1 aliphatic rings. The number of ether oxygens (including phenoxy) is 2. The van der Waals surface area contributed by atoms with E-state index in [0.717, 1.165) is 11.8 Å². The van der Waals surface area contributed by atoms with Gasteiger partial charge in [0, 0.05) is 17.7 Å². The molecular formula is C19H15ClN2O5S2. The highest BCUT2D eigenvalue weighted by molar-refractivity contribution is 8.27. The molecule has 0 radical (unpaired) electrons. The Morgan fingerprint density at radius 3 is 2.76 bits per heavy atom. The van der Waals surface area contributed by atoms with Gasteiger partial charge in [-0.2, -0.15) is 0 Å². The number of nitro benzene ring substituents is 1. The summed E-state index contributed by atoms with van der Waals surface area (Å²) in [5.74, 6) is 0.625. The Hall–Kier alpha value is -2.62. The third-order valence-electron chi connectivity index (χ3n) is 3.98. The number of thioether (sulfide) groups is 1. The zero-order chi connectivity index (χ0) is 21.1. The van der Waals surface area contributed by atoms with Crippen molar-refractivity contribution in [2.75, 3.05) is 18.6 Å². The lowest BCUT2D eigenvalue weighted by Crippen LogP contribution is -2.27. The van der Waals surface area contributed by atoms with Crippen molar-refractivity contribution in [3.05, 3.63) is 62.0 Å². The van der Waals surface area contributed by atoms with Crippen LogP contribution in [0.2, 0.25) is 5.02 Å². The van der Waals surface area contributed by atoms with Gasteiger partial charge < -0.3 is 9.47 Å². The highest BCUT2D eigenvalue weighted by atomic mass is 35.5. The molecule has 0 spiro atoms. The maximum atomic E-state index is 13.0. The molecule has 0 unspecified atom stereocenters. The van der Waals surface area contributed by atoms with Crippen LogP contribution in [0.15, 0.2) is 41.3 Å². The van der Waals surface area contributed by atoms with Gasteiger partial charge in [-0.3, -0.25) is 19.8 Å². The second-order valence-corrected chi connectivity index (χ2v) is 7.80. The van der Waals surface area contributed by atoms with Crippen molar-refractivity contribution >= 4 is 63.3 Å². The van der Waals surface area contributed by atoms with Crippen molar-refractivity contribution < 1.29 is 19.2 Å². The summed E-state index contributed by atoms with van der Waals surface area (Å²) in [6.45, 7) is 2.33. The minimum Gasteiger partial charge on any atom is -0.492 e. The lowest BCUT2D eigenvalue weighted by atomic mass is 10.1. The van der Waals surface area contributed by atoms with E-state index in [1.54, 1.807) is 24.3 Å². The second kappa shape index (κ2) is 8.81. The van der Waals surface area contributed by atoms with E-state index in [-0.39, 0.29) is 20.7 Å². The molecule has 0 saturated carbocycles. The Morgan fingerprint density at radius 2 is 2.10 bits per heavy atom. The maximum absolute atomic E-state index is 13.0. The van der Waals surface area contributed by atoms with Crippen LogP contribution in [-0.2, 0) is 4.79 Å². The molecule has 29 heavy (non-hydrogen) atoms. The fourth-order valence-corrected chi connectivity index (χ4v) is 4.21. The first-order chi connectivity index (χ1) is 13.9. The van der Waals surface area contributed by atoms with Gasteiger partial charge in [-0.05, 0) is 25.1 Å². The number of hydrogen-bond donors (Lipinski definition) is 0. The summed E-state index contributed by atoms with van der Waals surface area (Å²) in [4.78, 5) is 25.1. The average Bonchev–Trinajstić information content (AvgIpc) is 2.96. The van der Waals surface area contributed by atoms with E-state index < -0.39 is 10.8 Å². The summed E-state index contributed by atoms with van der Waals surface area (Å²) in [5.41, 5.74) is 0.624. The maximum Gasteiger partial charge on any atom is 0.271 e. The van der Waals surface area contributed by atoms with Crippen LogP contribution in [0.3, 0.4) is 0 Å². The van der Waals surface area contributed by atoms with Crippen LogP contribution in [0.1, 0.15) is 12.5 Å². The molecule has 0 atom stereocenters. The van der Waals surface area contributed by atoms with Gasteiger partial charge in [-0.25, -0.2) is 0 Å². The molecule has 2 aromatic rings. The van der Waals surface area contributed by atoms with Gasteiger partial charge in [0.2, 0.25) is 0 Å². The zero-order valence-electron chi connectivity index (χ0n) is 15.4. The SMILES string of the molecule is CCOc1cccc(C=C2SC(=S)N(c3cc([N+](=O)[O-])ccc3Cl)C2=O)c1OC. The molecule has 0 bridgehead atoms. The first-order valence-electron chi connectivity index (χ1n) is 8.39. The van der Waals surface area contributed by atoms with Gasteiger partial charge in [0.25, 0.3) is 11.6 Å². The van der Waals surface area contributed by atoms with Crippen molar-refractivity contribution in [3.63, 3.8) is 0 Å². The summed E-state index contributed by atoms with van der Waals surface area (Å²) < 4.78 is 11.2. The van der Waals surface area contributed by atoms with Crippen molar-refractivity contribution in [1.29, 1.82) is 0 Å². The van der Waals surface area contributed by atoms with Crippen LogP contribution in [0.25, 0.3) is 6.08 Å². The third-order valence-corrected chi connectivity index (χ3v) is 5.60. The Kier molecular flexibility index (Phi) is 6.41. The summed E-state index contributed by atoms with van der Waals surface area (Å²) in [6, 6.07) is 9.21. The number of nitrogens with zero attached hydrogens (tertiary/aromatic N) is 2. The van der Waals surface area contributed by atoms with Crippen molar-refractivity contribution in [3.8, 4) is 11.5 Å². The standard InChI is InChI=1S/C19H15ClN2O5S2/c1-3-27-15-6-4-5-11(17(15)26-2)9-16-18(23)21(19(28)29-16)14-10-12(22(24)25)7-8-13(14)20/h4-10H,3H2,1-2H3. The second-order valence-electron chi connectivity index (χ2n) is 5.72. The van der Waals surface area contributed by atoms with Gasteiger partial charge >= 0.3 is 0 Å². The van der Waals surface area contributed by atoms with Crippen LogP contribution in [0.5, 0.6) is 11.5 Å². The van der Waals surface area contributed by atoms with E-state index in [4.69, 9.17) is 33.3 Å². The van der Waals surface area contributed by atoms with Crippen LogP contribution >= 0.6 is 35.6 Å². The number of para-hydroxylation sites is 1. The third kappa shape index (κ3) is 4.21. The van der Waals surface area contributed by atoms with E-state index in [0.29, 0.717) is 28.6 Å². The van der Waals surface area contributed by atoms with E-state index in [1.807, 2.05) is 6.92 Å². The summed E-state index contributed by atoms with van der Waals surface area (Å²) >= 11 is 12.6. The topological polar surface area (TPSA) is 81.9 Å². The van der Waals surface area contributed by atoms with Gasteiger partial charge in [0.05, 0.1) is 34.3 Å². The molecule has 0 N–H and O–H groups in total. The van der Waals surface area contributed by atoms with E-state index >= 15 is 0 Å². The number of amides is 1. The molecule has 150 valence electrons. The molecule has 1 aliphatic heterocycles. The fraction of sp³-hybridized carbons (Fsp3) is 0.158. The summed E-state index contributed by atoms with van der Waals surface area (Å²) in [7, 11) is 1.52. The number of anilines is 1. The zero-order valence-corrected chi connectivity index (χ0v) is 17.8. The minimum absolute atomic E-state index is 0.168. The first-order valence-corrected chi connectivity index (χ1v) is 9.99. The number of hydrogen-bond acceptors (Lipinski definition) is 7. The number of halogens is 1. The Balaban J connectivity index is 2.01. The number of nitro groups is 1. The summed E-state index contributed by atoms with van der Waals surface area (Å²) in [5, 5.41) is 11.3. The fourth-order valence-electron chi connectivity index (χ4n) is 2.74. The molecular weight excluding hydrogens is 436 g/mol. The smallest absolute Gasteiger partial charge is 0.271 e. The molecule has 7 nitrogen and oxygen atoms in total. The molecule has 0 aliphatic carbocycles. The molecule has 1 saturated heterocycles. The molecule has 1 amide bonds. The van der Waals surface area contributed by atoms with E-state index in [2.05, 4.69) is 0 Å². The molecule has 3 rings (SSSR count). The predicted octanol–water partition coefficient (Wildman–Crippen LogP) is 5.06. The summed E-state index contributed by atoms with van der Waals surface area (Å²) in [6.07, 6.45) is 1.64. The number of carbonyl (C=O) groups excluding carboxylic acids is 1. The Labute approximate surface area is 181 Å². The highest BCUT2D eigenvalue weighted by Gasteiger charge is 2.35. The number of carbonyl (C=O) groups is 1. The van der Waals surface area contributed by atoms with Gasteiger partial charge in [0.1, 0.15) is 0 Å². The number of thiocarbonyl (C=S) groups is 1. The quantitative estimate of drug-likeness (QED) is 0.263. The number of benzene rings is 2. The van der Waals surface area contributed by atoms with Gasteiger partial charge in [-0.1, -0.05) is 47.7 Å². The van der Waals surface area contributed by atoms with Crippen molar-refractivity contribution in [2.24, 2.45) is 0 Å². The van der Waals surface area contributed by atoms with Crippen LogP contribution < -0.4 is 14.4 Å². The van der Waals surface area contributed by atoms with Gasteiger partial charge in [-0.15, -0.1) is 0 Å². The van der Waals surface area contributed by atoms with Gasteiger partial charge in [0.15, 0.2) is 15.8 Å². The molecule has 1 fully saturated rings. The monoisotopic (exact) mass is 450 g/mol. The largest absolute Gasteiger partial charge is 0.492 e. The normalized spacial score (nSPS) is 15.1. The Morgan fingerprint density at radius 1 is 1.34 bits per heavy atom. The number of methoxy groups -OCH3 is 1. The molecule has 1 heterocycles. The number of non-ortho nitro benzene ring substituents is 1.